The molecule has 1 heterocycles. The number of carbonyl (C=O) groups is 1. The summed E-state index contributed by atoms with van der Waals surface area (Å²) in [5, 5.41) is 0. The number of aryl methyl sites for hydroxylation is 1. The van der Waals surface area contributed by atoms with Crippen molar-refractivity contribution in [1.82, 2.24) is 4.57 Å². The zero-order valence-corrected chi connectivity index (χ0v) is 15.2. The lowest BCUT2D eigenvalue weighted by Crippen LogP contribution is -2.56. The summed E-state index contributed by atoms with van der Waals surface area (Å²) in [5.41, 5.74) is -1.66. The molecular formula is C18H25FN2O2S. The van der Waals surface area contributed by atoms with Crippen LogP contribution in [0.15, 0.2) is 11.2 Å². The third kappa shape index (κ3) is 2.77. The van der Waals surface area contributed by atoms with Gasteiger partial charge >= 0.3 is 0 Å². The van der Waals surface area contributed by atoms with Gasteiger partial charge in [-0.1, -0.05) is 0 Å². The summed E-state index contributed by atoms with van der Waals surface area (Å²) in [6.07, 6.45) is 6.48. The van der Waals surface area contributed by atoms with Crippen LogP contribution in [0.3, 0.4) is 0 Å². The van der Waals surface area contributed by atoms with Gasteiger partial charge in [-0.2, -0.15) is 4.99 Å². The molecule has 1 aromatic heterocycles. The third-order valence-electron chi connectivity index (χ3n) is 6.01. The summed E-state index contributed by atoms with van der Waals surface area (Å²) >= 11 is 1.52. The average Bonchev–Trinajstić information content (AvgIpc) is 2.82. The number of ether oxygens (including phenoxy) is 1. The minimum atomic E-state index is -1.12. The molecule has 4 bridgehead atoms. The van der Waals surface area contributed by atoms with E-state index < -0.39 is 11.1 Å². The number of halogens is 1. The fraction of sp³-hybridized carbons (Fsp3) is 0.778. The van der Waals surface area contributed by atoms with E-state index in [-0.39, 0.29) is 5.91 Å². The van der Waals surface area contributed by atoms with Crippen LogP contribution in [0, 0.1) is 24.2 Å². The molecule has 0 aromatic carbocycles. The van der Waals surface area contributed by atoms with Crippen LogP contribution in [0.4, 0.5) is 4.39 Å². The van der Waals surface area contributed by atoms with Gasteiger partial charge in [-0.3, -0.25) is 4.79 Å². The molecule has 2 atom stereocenters. The molecule has 24 heavy (non-hydrogen) atoms. The van der Waals surface area contributed by atoms with E-state index >= 15 is 4.39 Å². The number of carbonyl (C=O) groups excluding carboxylic acids is 1. The Morgan fingerprint density at radius 2 is 2.12 bits per heavy atom. The van der Waals surface area contributed by atoms with Crippen molar-refractivity contribution in [3.05, 3.63) is 15.9 Å². The van der Waals surface area contributed by atoms with Crippen LogP contribution in [-0.2, 0) is 16.1 Å². The van der Waals surface area contributed by atoms with Gasteiger partial charge in [0.25, 0.3) is 5.91 Å². The highest BCUT2D eigenvalue weighted by atomic mass is 32.1. The first-order valence-corrected chi connectivity index (χ1v) is 9.67. The van der Waals surface area contributed by atoms with E-state index in [4.69, 9.17) is 4.74 Å². The lowest BCUT2D eigenvalue weighted by atomic mass is 9.48. The van der Waals surface area contributed by atoms with Gasteiger partial charge in [0, 0.05) is 24.7 Å². The van der Waals surface area contributed by atoms with E-state index in [0.29, 0.717) is 44.2 Å². The Labute approximate surface area is 145 Å². The molecule has 0 N–H and O–H groups in total. The number of rotatable bonds is 4. The SMILES string of the molecule is COCCn1cc(C)sc1=NC(=O)C12CC3CC(CC(F)(C3)C1)C2. The molecule has 6 heteroatoms. The summed E-state index contributed by atoms with van der Waals surface area (Å²) in [6, 6.07) is 0. The summed E-state index contributed by atoms with van der Waals surface area (Å²) in [7, 11) is 1.66. The number of hydrogen-bond acceptors (Lipinski definition) is 3. The number of nitrogens with zero attached hydrogens (tertiary/aromatic N) is 2. The maximum absolute atomic E-state index is 15.1. The Hall–Kier alpha value is -1.01. The van der Waals surface area contributed by atoms with E-state index in [0.717, 1.165) is 28.9 Å². The topological polar surface area (TPSA) is 43.6 Å². The van der Waals surface area contributed by atoms with Gasteiger partial charge in [0.15, 0.2) is 4.80 Å². The number of amides is 1. The van der Waals surface area contributed by atoms with E-state index in [1.165, 1.54) is 11.3 Å². The number of alkyl halides is 1. The molecule has 5 rings (SSSR count). The van der Waals surface area contributed by atoms with Crippen LogP contribution < -0.4 is 4.80 Å². The standard InChI is InChI=1S/C18H25FN2O2S/c1-12-10-21(3-4-23-2)16(24-12)20-15(22)17-6-13-5-14(7-17)9-18(19,8-13)11-17/h10,13-14H,3-9,11H2,1-2H3. The quantitative estimate of drug-likeness (QED) is 0.835. The zero-order chi connectivity index (χ0) is 16.9. The fourth-order valence-electron chi connectivity index (χ4n) is 5.55. The minimum absolute atomic E-state index is 0.0911. The number of hydrogen-bond donors (Lipinski definition) is 0. The van der Waals surface area contributed by atoms with Crippen molar-refractivity contribution in [2.24, 2.45) is 22.2 Å². The molecule has 1 amide bonds. The van der Waals surface area contributed by atoms with Crippen molar-refractivity contribution >= 4 is 17.2 Å². The average molecular weight is 352 g/mol. The molecule has 4 fully saturated rings. The van der Waals surface area contributed by atoms with Crippen molar-refractivity contribution in [3.63, 3.8) is 0 Å². The first kappa shape index (κ1) is 16.5. The highest BCUT2D eigenvalue weighted by molar-refractivity contribution is 7.09. The van der Waals surface area contributed by atoms with Gasteiger partial charge in [0.1, 0.15) is 5.67 Å². The molecule has 4 aliphatic rings. The zero-order valence-electron chi connectivity index (χ0n) is 14.4. The molecule has 4 nitrogen and oxygen atoms in total. The second kappa shape index (κ2) is 5.77. The van der Waals surface area contributed by atoms with Gasteiger partial charge in [-0.15, -0.1) is 11.3 Å². The van der Waals surface area contributed by atoms with Gasteiger partial charge in [0.2, 0.25) is 0 Å². The normalized spacial score (nSPS) is 38.0. The monoisotopic (exact) mass is 352 g/mol. The molecular weight excluding hydrogens is 327 g/mol. The summed E-state index contributed by atoms with van der Waals surface area (Å²) < 4.78 is 22.2. The maximum atomic E-state index is 15.1. The molecule has 1 aromatic rings. The van der Waals surface area contributed by atoms with Crippen molar-refractivity contribution in [2.45, 2.75) is 57.7 Å². The first-order valence-electron chi connectivity index (χ1n) is 8.85. The molecule has 0 aliphatic heterocycles. The van der Waals surface area contributed by atoms with Crippen LogP contribution in [0.1, 0.15) is 43.4 Å². The van der Waals surface area contributed by atoms with Crippen LogP contribution >= 0.6 is 11.3 Å². The van der Waals surface area contributed by atoms with Crippen LogP contribution in [0.2, 0.25) is 0 Å². The minimum Gasteiger partial charge on any atom is -0.383 e. The Morgan fingerprint density at radius 1 is 1.42 bits per heavy atom. The highest BCUT2D eigenvalue weighted by Crippen LogP contribution is 2.63. The predicted octanol–water partition coefficient (Wildman–Crippen LogP) is 3.24. The summed E-state index contributed by atoms with van der Waals surface area (Å²) in [4.78, 5) is 19.4. The third-order valence-corrected chi connectivity index (χ3v) is 6.95. The van der Waals surface area contributed by atoms with Crippen LogP contribution in [-0.4, -0.2) is 29.9 Å². The van der Waals surface area contributed by atoms with Gasteiger partial charge in [-0.25, -0.2) is 4.39 Å². The number of thiazole rings is 1. The van der Waals surface area contributed by atoms with Crippen LogP contribution in [0.5, 0.6) is 0 Å². The van der Waals surface area contributed by atoms with Crippen molar-refractivity contribution in [2.75, 3.05) is 13.7 Å². The largest absolute Gasteiger partial charge is 0.383 e. The van der Waals surface area contributed by atoms with Gasteiger partial charge in [0.05, 0.1) is 12.0 Å². The Kier molecular flexibility index (Phi) is 3.95. The summed E-state index contributed by atoms with van der Waals surface area (Å²) in [5.74, 6) is 0.661. The smallest absolute Gasteiger partial charge is 0.254 e. The van der Waals surface area contributed by atoms with Crippen molar-refractivity contribution in [3.8, 4) is 0 Å². The summed E-state index contributed by atoms with van der Waals surface area (Å²) in [6.45, 7) is 3.28. The molecule has 132 valence electrons. The molecule has 0 spiro atoms. The van der Waals surface area contributed by atoms with E-state index in [1.54, 1.807) is 7.11 Å². The van der Waals surface area contributed by atoms with E-state index in [9.17, 15) is 4.79 Å². The molecule has 4 saturated carbocycles. The molecule has 2 unspecified atom stereocenters. The first-order chi connectivity index (χ1) is 11.4. The van der Waals surface area contributed by atoms with E-state index in [1.807, 2.05) is 17.7 Å². The Morgan fingerprint density at radius 3 is 2.75 bits per heavy atom. The predicted molar refractivity (Wildman–Crippen MR) is 90.4 cm³/mol. The lowest BCUT2D eigenvalue weighted by molar-refractivity contribution is -0.157. The number of aromatic nitrogens is 1. The highest BCUT2D eigenvalue weighted by Gasteiger charge is 2.61. The van der Waals surface area contributed by atoms with Crippen LogP contribution in [0.25, 0.3) is 0 Å². The fourth-order valence-corrected chi connectivity index (χ4v) is 6.40. The molecule has 0 saturated heterocycles. The van der Waals surface area contributed by atoms with Crippen molar-refractivity contribution < 1.29 is 13.9 Å². The Bertz CT molecular complexity index is 709. The molecule has 4 aliphatic carbocycles. The maximum Gasteiger partial charge on any atom is 0.254 e. The second-order valence-corrected chi connectivity index (χ2v) is 9.33. The van der Waals surface area contributed by atoms with E-state index in [2.05, 4.69) is 4.99 Å². The van der Waals surface area contributed by atoms with Crippen molar-refractivity contribution in [1.29, 1.82) is 0 Å². The molecule has 0 radical (unpaired) electrons. The van der Waals surface area contributed by atoms with Gasteiger partial charge < -0.3 is 9.30 Å². The lowest BCUT2D eigenvalue weighted by Gasteiger charge is -2.57. The number of methoxy groups -OCH3 is 1. The second-order valence-electron chi connectivity index (χ2n) is 8.12. The Balaban J connectivity index is 1.65. The van der Waals surface area contributed by atoms with Gasteiger partial charge in [-0.05, 0) is 57.3 Å².